The topological polar surface area (TPSA) is 38.1 Å². The molecule has 0 fully saturated rings. The van der Waals surface area contributed by atoms with Crippen LogP contribution in [0.2, 0.25) is 0 Å². The van der Waals surface area contributed by atoms with Crippen molar-refractivity contribution >= 4 is 5.69 Å². The van der Waals surface area contributed by atoms with E-state index in [0.29, 0.717) is 0 Å². The fourth-order valence-electron chi connectivity index (χ4n) is 3.72. The first-order valence-electron chi connectivity index (χ1n) is 9.59. The molecule has 0 unspecified atom stereocenters. The summed E-state index contributed by atoms with van der Waals surface area (Å²) in [5, 5.41) is 0. The summed E-state index contributed by atoms with van der Waals surface area (Å²) in [5.41, 5.74) is 7.10. The van der Waals surface area contributed by atoms with Crippen LogP contribution in [0.25, 0.3) is 22.3 Å². The lowest BCUT2D eigenvalue weighted by atomic mass is 10.0. The van der Waals surface area contributed by atoms with Gasteiger partial charge in [-0.25, -0.2) is 0 Å². The maximum Gasteiger partial charge on any atom is 0.250 e. The van der Waals surface area contributed by atoms with Gasteiger partial charge in [-0.15, -0.1) is 0 Å². The third kappa shape index (κ3) is 3.27. The van der Waals surface area contributed by atoms with Crippen LogP contribution in [0.4, 0.5) is 5.69 Å². The van der Waals surface area contributed by atoms with Gasteiger partial charge in [0.25, 0.3) is 5.56 Å². The van der Waals surface area contributed by atoms with E-state index in [1.54, 1.807) is 6.07 Å². The van der Waals surface area contributed by atoms with Crippen LogP contribution in [-0.4, -0.2) is 23.1 Å². The van der Waals surface area contributed by atoms with Crippen molar-refractivity contribution in [3.8, 4) is 22.3 Å². The van der Waals surface area contributed by atoms with Gasteiger partial charge in [0.2, 0.25) is 0 Å². The van der Waals surface area contributed by atoms with Crippen LogP contribution in [-0.2, 0) is 6.42 Å². The molecule has 0 amide bonds. The number of likely N-dealkylation sites (N-methyl/N-ethyl adjacent to an activating group) is 1. The molecule has 2 aromatic heterocycles. The van der Waals surface area contributed by atoms with Crippen LogP contribution >= 0.6 is 0 Å². The molecular weight excluding hydrogens is 334 g/mol. The Balaban J connectivity index is 1.73. The highest BCUT2D eigenvalue weighted by atomic mass is 16.1. The van der Waals surface area contributed by atoms with Crippen LogP contribution in [0.15, 0.2) is 59.8 Å². The number of nitrogens with zero attached hydrogens (tertiary/aromatic N) is 3. The highest BCUT2D eigenvalue weighted by molar-refractivity contribution is 5.74. The minimum atomic E-state index is 0.0416. The Morgan fingerprint density at radius 2 is 1.78 bits per heavy atom. The van der Waals surface area contributed by atoms with Gasteiger partial charge in [0.05, 0.1) is 0 Å². The summed E-state index contributed by atoms with van der Waals surface area (Å²) in [4.78, 5) is 18.9. The predicted molar refractivity (Wildman–Crippen MR) is 111 cm³/mol. The Bertz CT molecular complexity index is 1040. The zero-order chi connectivity index (χ0) is 19.0. The van der Waals surface area contributed by atoms with E-state index in [4.69, 9.17) is 0 Å². The van der Waals surface area contributed by atoms with Crippen LogP contribution in [0, 0.1) is 0 Å². The molecule has 4 nitrogen and oxygen atoms in total. The first-order chi connectivity index (χ1) is 13.1. The van der Waals surface area contributed by atoms with Gasteiger partial charge in [-0.05, 0) is 60.7 Å². The summed E-state index contributed by atoms with van der Waals surface area (Å²) in [6.45, 7) is 5.24. The zero-order valence-electron chi connectivity index (χ0n) is 16.1. The zero-order valence-corrected chi connectivity index (χ0v) is 16.1. The lowest BCUT2D eigenvalue weighted by Crippen LogP contribution is -2.21. The third-order valence-electron chi connectivity index (χ3n) is 5.62. The van der Waals surface area contributed by atoms with E-state index in [2.05, 4.69) is 55.0 Å². The van der Waals surface area contributed by atoms with Crippen molar-refractivity contribution in [3.63, 3.8) is 0 Å². The molecule has 4 rings (SSSR count). The molecule has 3 heterocycles. The molecule has 3 aromatic rings. The van der Waals surface area contributed by atoms with Gasteiger partial charge >= 0.3 is 0 Å². The van der Waals surface area contributed by atoms with E-state index in [1.807, 2.05) is 29.2 Å². The molecule has 1 aliphatic rings. The van der Waals surface area contributed by atoms with Crippen molar-refractivity contribution in [2.24, 2.45) is 0 Å². The molecule has 4 heteroatoms. The van der Waals surface area contributed by atoms with Crippen molar-refractivity contribution in [2.45, 2.75) is 32.7 Å². The molecule has 0 saturated carbocycles. The molecular formula is C23H25N3O. The lowest BCUT2D eigenvalue weighted by molar-refractivity contribution is 0.515. The molecule has 138 valence electrons. The first kappa shape index (κ1) is 17.5. The third-order valence-corrected chi connectivity index (χ3v) is 5.62. The number of hydrogen-bond acceptors (Lipinski definition) is 3. The van der Waals surface area contributed by atoms with Crippen LogP contribution < -0.4 is 10.5 Å². The molecule has 1 atom stereocenters. The number of hydrogen-bond donors (Lipinski definition) is 0. The quantitative estimate of drug-likeness (QED) is 0.686. The number of fused-ring (bicyclic) bond motifs is 1. The minimum Gasteiger partial charge on any atom is -0.374 e. The van der Waals surface area contributed by atoms with E-state index >= 15 is 0 Å². The Hall–Kier alpha value is -2.88. The normalized spacial score (nSPS) is 14.3. The van der Waals surface area contributed by atoms with Crippen molar-refractivity contribution in [3.05, 3.63) is 70.9 Å². The fraction of sp³-hybridized carbons (Fsp3) is 0.304. The molecule has 0 bridgehead atoms. The van der Waals surface area contributed by atoms with Gasteiger partial charge in [0.15, 0.2) is 0 Å². The predicted octanol–water partition coefficient (Wildman–Crippen LogP) is 4.54. The highest BCUT2D eigenvalue weighted by Gasteiger charge is 2.16. The standard InChI is InChI=1S/C23H25N3O/c1-4-16(2)26-15-19(6-8-23(26)27)21-12-20(13-24-14-21)17-5-7-22-18(11-17)9-10-25(22)3/h5-8,11-16H,4,9-10H2,1-3H3/t16-/m0/s1. The number of anilines is 1. The molecule has 0 N–H and O–H groups in total. The van der Waals surface area contributed by atoms with Crippen molar-refractivity contribution < 1.29 is 0 Å². The van der Waals surface area contributed by atoms with Gasteiger partial charge in [-0.1, -0.05) is 13.0 Å². The molecule has 0 aliphatic carbocycles. The molecule has 1 aromatic carbocycles. The van der Waals surface area contributed by atoms with E-state index in [0.717, 1.165) is 36.1 Å². The lowest BCUT2D eigenvalue weighted by Gasteiger charge is -2.15. The maximum absolute atomic E-state index is 12.2. The van der Waals surface area contributed by atoms with Crippen molar-refractivity contribution in [2.75, 3.05) is 18.5 Å². The van der Waals surface area contributed by atoms with Gasteiger partial charge in [-0.3, -0.25) is 9.78 Å². The maximum atomic E-state index is 12.2. The second-order valence-electron chi connectivity index (χ2n) is 7.40. The number of pyridine rings is 2. The number of benzene rings is 1. The fourth-order valence-corrected chi connectivity index (χ4v) is 3.72. The second kappa shape index (κ2) is 7.03. The van der Waals surface area contributed by atoms with Gasteiger partial charge in [0, 0.05) is 61.1 Å². The van der Waals surface area contributed by atoms with Crippen LogP contribution in [0.3, 0.4) is 0 Å². The minimum absolute atomic E-state index is 0.0416. The summed E-state index contributed by atoms with van der Waals surface area (Å²) >= 11 is 0. The summed E-state index contributed by atoms with van der Waals surface area (Å²) in [7, 11) is 2.14. The number of rotatable bonds is 4. The largest absolute Gasteiger partial charge is 0.374 e. The molecule has 0 radical (unpaired) electrons. The van der Waals surface area contributed by atoms with Crippen LogP contribution in [0.5, 0.6) is 0 Å². The van der Waals surface area contributed by atoms with E-state index < -0.39 is 0 Å². The smallest absolute Gasteiger partial charge is 0.250 e. The monoisotopic (exact) mass is 359 g/mol. The van der Waals surface area contributed by atoms with Crippen molar-refractivity contribution in [1.29, 1.82) is 0 Å². The first-order valence-corrected chi connectivity index (χ1v) is 9.59. The number of aromatic nitrogens is 2. The summed E-state index contributed by atoms with van der Waals surface area (Å²) < 4.78 is 1.81. The van der Waals surface area contributed by atoms with Gasteiger partial charge in [0.1, 0.15) is 0 Å². The molecule has 1 aliphatic heterocycles. The SMILES string of the molecule is CC[C@H](C)n1cc(-c2cncc(-c3ccc4c(c3)CCN4C)c2)ccc1=O. The second-order valence-corrected chi connectivity index (χ2v) is 7.40. The molecule has 27 heavy (non-hydrogen) atoms. The Kier molecular flexibility index (Phi) is 4.56. The van der Waals surface area contributed by atoms with E-state index in [9.17, 15) is 4.79 Å². The summed E-state index contributed by atoms with van der Waals surface area (Å²) in [6, 6.07) is 12.5. The Morgan fingerprint density at radius 1 is 1.04 bits per heavy atom. The highest BCUT2D eigenvalue weighted by Crippen LogP contribution is 2.32. The Morgan fingerprint density at radius 3 is 2.56 bits per heavy atom. The van der Waals surface area contributed by atoms with E-state index in [-0.39, 0.29) is 11.6 Å². The average molecular weight is 359 g/mol. The van der Waals surface area contributed by atoms with Gasteiger partial charge in [-0.2, -0.15) is 0 Å². The summed E-state index contributed by atoms with van der Waals surface area (Å²) in [5.74, 6) is 0. The molecule has 0 spiro atoms. The summed E-state index contributed by atoms with van der Waals surface area (Å²) in [6.07, 6.45) is 7.74. The average Bonchev–Trinajstić information content (AvgIpc) is 3.08. The van der Waals surface area contributed by atoms with Crippen LogP contribution in [0.1, 0.15) is 31.9 Å². The Labute approximate surface area is 160 Å². The van der Waals surface area contributed by atoms with Crippen molar-refractivity contribution in [1.82, 2.24) is 9.55 Å². The van der Waals surface area contributed by atoms with Gasteiger partial charge < -0.3 is 9.47 Å². The van der Waals surface area contributed by atoms with E-state index in [1.165, 1.54) is 16.8 Å². The molecule has 0 saturated heterocycles.